The van der Waals surface area contributed by atoms with Crippen LogP contribution in [0.2, 0.25) is 5.02 Å². The lowest BCUT2D eigenvalue weighted by molar-refractivity contribution is -0.209. The van der Waals surface area contributed by atoms with E-state index in [0.29, 0.717) is 6.20 Å². The molecule has 0 spiro atoms. The van der Waals surface area contributed by atoms with Gasteiger partial charge in [0.05, 0.1) is 11.2 Å². The number of ether oxygens (including phenoxy) is 1. The molecule has 32 heavy (non-hydrogen) atoms. The Balaban J connectivity index is 1.96. The smallest absolute Gasteiger partial charge is 0.425 e. The number of nitrogens with one attached hydrogen (secondary N) is 1. The molecule has 1 aliphatic rings. The molecule has 0 aliphatic carbocycles. The quantitative estimate of drug-likeness (QED) is 0.619. The van der Waals surface area contributed by atoms with Crippen molar-refractivity contribution in [3.05, 3.63) is 46.5 Å². The highest BCUT2D eigenvalue weighted by Crippen LogP contribution is 2.42. The van der Waals surface area contributed by atoms with Crippen LogP contribution in [0.1, 0.15) is 29.0 Å². The number of anilines is 1. The van der Waals surface area contributed by atoms with Crippen molar-refractivity contribution in [1.29, 1.82) is 0 Å². The van der Waals surface area contributed by atoms with E-state index in [1.54, 1.807) is 0 Å². The van der Waals surface area contributed by atoms with Crippen LogP contribution in [0.25, 0.3) is 0 Å². The Hall–Kier alpha value is -3.03. The minimum absolute atomic E-state index is 0.127. The first-order chi connectivity index (χ1) is 14.9. The van der Waals surface area contributed by atoms with Gasteiger partial charge in [-0.3, -0.25) is 4.79 Å². The van der Waals surface area contributed by atoms with Crippen LogP contribution >= 0.6 is 11.6 Å². The summed E-state index contributed by atoms with van der Waals surface area (Å²) in [5.41, 5.74) is 1.45. The molecule has 7 nitrogen and oxygen atoms in total. The van der Waals surface area contributed by atoms with E-state index in [4.69, 9.17) is 17.3 Å². The number of aliphatic imine (C=N–C) groups is 1. The molecule has 3 N–H and O–H groups in total. The van der Waals surface area contributed by atoms with E-state index < -0.39 is 71.5 Å². The van der Waals surface area contributed by atoms with Crippen LogP contribution < -0.4 is 11.1 Å². The average Bonchev–Trinajstić information content (AvgIpc) is 3.10. The maximum Gasteiger partial charge on any atom is 0.425 e. The molecule has 2 unspecified atom stereocenters. The molecule has 2 aromatic rings. The molecule has 1 aromatic heterocycles. The van der Waals surface area contributed by atoms with Crippen molar-refractivity contribution in [2.24, 2.45) is 10.7 Å². The highest BCUT2D eigenvalue weighted by atomic mass is 35.5. The zero-order valence-corrected chi connectivity index (χ0v) is 16.4. The molecule has 3 rings (SSSR count). The summed E-state index contributed by atoms with van der Waals surface area (Å²) in [7, 11) is 0. The van der Waals surface area contributed by atoms with E-state index in [9.17, 15) is 35.5 Å². The Morgan fingerprint density at radius 3 is 2.66 bits per heavy atom. The van der Waals surface area contributed by atoms with Crippen molar-refractivity contribution in [1.82, 2.24) is 9.78 Å². The zero-order chi connectivity index (χ0) is 23.8. The summed E-state index contributed by atoms with van der Waals surface area (Å²) >= 11 is 5.71. The van der Waals surface area contributed by atoms with E-state index >= 15 is 0 Å². The largest absolute Gasteiger partial charge is 0.452 e. The molecular weight excluding hydrogens is 475 g/mol. The van der Waals surface area contributed by atoms with E-state index in [-0.39, 0.29) is 10.4 Å². The molecule has 1 amide bonds. The van der Waals surface area contributed by atoms with Gasteiger partial charge in [-0.1, -0.05) is 11.6 Å². The number of benzene rings is 1. The summed E-state index contributed by atoms with van der Waals surface area (Å²) in [6, 6.07) is 1.62. The Kier molecular flexibility index (Phi) is 6.26. The van der Waals surface area contributed by atoms with Crippen LogP contribution in [-0.4, -0.2) is 40.7 Å². The number of hydrogen-bond acceptors (Lipinski definition) is 5. The number of alkyl halides is 6. The predicted octanol–water partition coefficient (Wildman–Crippen LogP) is 4.15. The number of aromatic nitrogens is 2. The summed E-state index contributed by atoms with van der Waals surface area (Å²) in [5, 5.41) is 5.09. The number of amides is 1. The summed E-state index contributed by atoms with van der Waals surface area (Å²) in [5.74, 6) is -2.20. The van der Waals surface area contributed by atoms with Gasteiger partial charge in [-0.25, -0.2) is 18.5 Å². The second-order valence-corrected chi connectivity index (χ2v) is 7.11. The third-order valence-corrected chi connectivity index (χ3v) is 4.80. The summed E-state index contributed by atoms with van der Waals surface area (Å²) in [4.78, 5) is 15.9. The molecule has 1 aromatic carbocycles. The van der Waals surface area contributed by atoms with Gasteiger partial charge in [-0.05, 0) is 18.2 Å². The van der Waals surface area contributed by atoms with Crippen LogP contribution in [0.3, 0.4) is 0 Å². The number of halogens is 8. The Morgan fingerprint density at radius 1 is 1.41 bits per heavy atom. The predicted molar refractivity (Wildman–Crippen MR) is 97.7 cm³/mol. The van der Waals surface area contributed by atoms with Crippen molar-refractivity contribution < 1.29 is 40.3 Å². The zero-order valence-electron chi connectivity index (χ0n) is 15.6. The second-order valence-electron chi connectivity index (χ2n) is 6.70. The molecule has 2 atom stereocenters. The first-order valence-corrected chi connectivity index (χ1v) is 9.03. The minimum Gasteiger partial charge on any atom is -0.452 e. The molecule has 0 fully saturated rings. The van der Waals surface area contributed by atoms with Crippen molar-refractivity contribution in [3.63, 3.8) is 0 Å². The Morgan fingerprint density at radius 2 is 2.09 bits per heavy atom. The molecule has 0 radical (unpaired) electrons. The second kappa shape index (κ2) is 8.48. The third kappa shape index (κ3) is 4.59. The van der Waals surface area contributed by atoms with Gasteiger partial charge in [0, 0.05) is 17.7 Å². The third-order valence-electron chi connectivity index (χ3n) is 4.52. The maximum atomic E-state index is 14.5. The molecule has 0 saturated carbocycles. The molecule has 0 bridgehead atoms. The normalized spacial score (nSPS) is 21.3. The van der Waals surface area contributed by atoms with Gasteiger partial charge in [0.1, 0.15) is 18.0 Å². The molecule has 1 aliphatic heterocycles. The van der Waals surface area contributed by atoms with Gasteiger partial charge in [0.2, 0.25) is 0 Å². The van der Waals surface area contributed by atoms with Crippen LogP contribution in [0.4, 0.5) is 36.4 Å². The average molecular weight is 488 g/mol. The fraction of sp³-hybridized carbons (Fsp3) is 0.353. The number of carbonyl (C=O) groups is 1. The number of hydrogen-bond donors (Lipinski definition) is 2. The molecule has 2 heterocycles. The molecule has 174 valence electrons. The van der Waals surface area contributed by atoms with Gasteiger partial charge in [-0.15, -0.1) is 0 Å². The van der Waals surface area contributed by atoms with Crippen LogP contribution in [-0.2, 0) is 10.3 Å². The van der Waals surface area contributed by atoms with Gasteiger partial charge in [0.25, 0.3) is 11.9 Å². The lowest BCUT2D eigenvalue weighted by Crippen LogP contribution is -2.48. The van der Waals surface area contributed by atoms with Gasteiger partial charge in [0.15, 0.2) is 11.8 Å². The standard InChI is InChI=1S/C17H13ClF7N5O2/c18-9-5-30(14(21)22)29-12(9)13(31)27-7-1-2-10(20)8(3-7)16(6-19)4-11(17(23,24)25)32-15(26)28-16/h1-3,5,11,14H,4,6H2,(H2,26,28)(H,27,31). The van der Waals surface area contributed by atoms with Crippen molar-refractivity contribution in [2.45, 2.75) is 30.8 Å². The highest BCUT2D eigenvalue weighted by molar-refractivity contribution is 6.34. The maximum absolute atomic E-state index is 14.5. The van der Waals surface area contributed by atoms with Crippen LogP contribution in [0.15, 0.2) is 29.4 Å². The number of carbonyl (C=O) groups excluding carboxylic acids is 1. The van der Waals surface area contributed by atoms with Crippen molar-refractivity contribution in [2.75, 3.05) is 12.0 Å². The monoisotopic (exact) mass is 487 g/mol. The molecule has 15 heteroatoms. The Bertz CT molecular complexity index is 1060. The van der Waals surface area contributed by atoms with Gasteiger partial charge in [-0.2, -0.15) is 27.1 Å². The topological polar surface area (TPSA) is 94.5 Å². The van der Waals surface area contributed by atoms with E-state index in [0.717, 1.165) is 18.2 Å². The molecular formula is C17H13ClF7N5O2. The van der Waals surface area contributed by atoms with Crippen LogP contribution in [0, 0.1) is 5.82 Å². The number of nitrogens with two attached hydrogens (primary N) is 1. The fourth-order valence-corrected chi connectivity index (χ4v) is 3.28. The summed E-state index contributed by atoms with van der Waals surface area (Å²) in [6.07, 6.45) is -7.91. The Labute approximate surface area is 180 Å². The molecule has 0 saturated heterocycles. The summed E-state index contributed by atoms with van der Waals surface area (Å²) < 4.78 is 97.9. The van der Waals surface area contributed by atoms with E-state index in [1.807, 2.05) is 0 Å². The van der Waals surface area contributed by atoms with Gasteiger partial charge < -0.3 is 15.8 Å². The highest BCUT2D eigenvalue weighted by Gasteiger charge is 2.52. The number of amidine groups is 1. The lowest BCUT2D eigenvalue weighted by Gasteiger charge is -2.36. The lowest BCUT2D eigenvalue weighted by atomic mass is 9.84. The summed E-state index contributed by atoms with van der Waals surface area (Å²) in [6.45, 7) is -4.64. The first kappa shape index (κ1) is 23.6. The minimum atomic E-state index is -4.94. The van der Waals surface area contributed by atoms with E-state index in [2.05, 4.69) is 20.1 Å². The fourth-order valence-electron chi connectivity index (χ4n) is 3.06. The van der Waals surface area contributed by atoms with Gasteiger partial charge >= 0.3 is 12.7 Å². The van der Waals surface area contributed by atoms with Crippen LogP contribution in [0.5, 0.6) is 0 Å². The first-order valence-electron chi connectivity index (χ1n) is 8.65. The SMILES string of the molecule is NC1=NC(CF)(c2cc(NC(=O)c3nn(C(F)F)cc3Cl)ccc2F)CC(C(F)(F)F)O1. The number of nitrogens with zero attached hydrogens (tertiary/aromatic N) is 3. The van der Waals surface area contributed by atoms with Crippen molar-refractivity contribution in [3.8, 4) is 0 Å². The number of rotatable bonds is 5. The van der Waals surface area contributed by atoms with E-state index in [1.165, 1.54) is 0 Å². The van der Waals surface area contributed by atoms with Crippen molar-refractivity contribution >= 4 is 29.2 Å².